The van der Waals surface area contributed by atoms with Crippen molar-refractivity contribution >= 4 is 27.6 Å². The van der Waals surface area contributed by atoms with Gasteiger partial charge in [-0.15, -0.1) is 0 Å². The number of hydrogen-bond acceptors (Lipinski definition) is 4. The lowest BCUT2D eigenvalue weighted by Crippen LogP contribution is -1.93. The minimum atomic E-state index is 0.693. The van der Waals surface area contributed by atoms with Crippen LogP contribution < -0.4 is 0 Å². The van der Waals surface area contributed by atoms with Crippen LogP contribution >= 0.6 is 0 Å². The standard InChI is InChI=1S/C12H7N5/c1-2-4-10-9(3-1)12-15-11-8(5-13-7-14-11)6-17(12)16-10/h1-7H. The molecule has 17 heavy (non-hydrogen) atoms. The molecule has 0 saturated heterocycles. The normalized spacial score (nSPS) is 11.5. The number of rotatable bonds is 0. The third kappa shape index (κ3) is 1.13. The maximum Gasteiger partial charge on any atom is 0.166 e. The van der Waals surface area contributed by atoms with Crippen molar-refractivity contribution in [2.75, 3.05) is 0 Å². The fourth-order valence-corrected chi connectivity index (χ4v) is 1.99. The van der Waals surface area contributed by atoms with Crippen LogP contribution in [-0.4, -0.2) is 24.6 Å². The lowest BCUT2D eigenvalue weighted by atomic mass is 10.2. The van der Waals surface area contributed by atoms with Crippen molar-refractivity contribution in [3.8, 4) is 0 Å². The SMILES string of the molecule is c1ccc2c(c1)nn1cc3cncnc3nc21. The summed E-state index contributed by atoms with van der Waals surface area (Å²) < 4.78 is 1.77. The smallest absolute Gasteiger partial charge is 0.166 e. The van der Waals surface area contributed by atoms with E-state index >= 15 is 0 Å². The zero-order valence-corrected chi connectivity index (χ0v) is 8.78. The minimum Gasteiger partial charge on any atom is -0.244 e. The molecule has 0 fully saturated rings. The van der Waals surface area contributed by atoms with Crippen LogP contribution in [0.4, 0.5) is 0 Å². The minimum absolute atomic E-state index is 0.693. The Kier molecular flexibility index (Phi) is 1.50. The fourth-order valence-electron chi connectivity index (χ4n) is 1.99. The Morgan fingerprint density at radius 3 is 3.06 bits per heavy atom. The summed E-state index contributed by atoms with van der Waals surface area (Å²) in [6.45, 7) is 0. The van der Waals surface area contributed by atoms with Crippen LogP contribution in [-0.2, 0) is 0 Å². The van der Waals surface area contributed by atoms with Gasteiger partial charge < -0.3 is 0 Å². The fraction of sp³-hybridized carbons (Fsp3) is 0. The first-order valence-corrected chi connectivity index (χ1v) is 5.26. The van der Waals surface area contributed by atoms with E-state index in [0.717, 1.165) is 21.9 Å². The predicted octanol–water partition coefficient (Wildman–Crippen LogP) is 1.83. The van der Waals surface area contributed by atoms with E-state index in [9.17, 15) is 0 Å². The van der Waals surface area contributed by atoms with Crippen LogP contribution in [0.1, 0.15) is 0 Å². The largest absolute Gasteiger partial charge is 0.244 e. The van der Waals surface area contributed by atoms with Crippen LogP contribution in [0.2, 0.25) is 0 Å². The molecule has 0 saturated carbocycles. The molecule has 4 rings (SSSR count). The Morgan fingerprint density at radius 2 is 2.06 bits per heavy atom. The third-order valence-electron chi connectivity index (χ3n) is 2.77. The van der Waals surface area contributed by atoms with Gasteiger partial charge in [0.15, 0.2) is 11.3 Å². The Labute approximate surface area is 95.8 Å². The third-order valence-corrected chi connectivity index (χ3v) is 2.77. The predicted molar refractivity (Wildman–Crippen MR) is 63.6 cm³/mol. The molecule has 0 unspecified atom stereocenters. The van der Waals surface area contributed by atoms with Crippen LogP contribution in [0.25, 0.3) is 27.6 Å². The molecule has 0 N–H and O–H groups in total. The van der Waals surface area contributed by atoms with Gasteiger partial charge in [-0.3, -0.25) is 0 Å². The van der Waals surface area contributed by atoms with Crippen molar-refractivity contribution < 1.29 is 0 Å². The summed E-state index contributed by atoms with van der Waals surface area (Å²) >= 11 is 0. The second-order valence-electron chi connectivity index (χ2n) is 3.83. The van der Waals surface area contributed by atoms with Crippen LogP contribution in [0, 0.1) is 0 Å². The number of benzene rings is 1. The van der Waals surface area contributed by atoms with E-state index in [2.05, 4.69) is 20.1 Å². The first kappa shape index (κ1) is 8.58. The summed E-state index contributed by atoms with van der Waals surface area (Å²) in [5.41, 5.74) is 2.45. The van der Waals surface area contributed by atoms with Gasteiger partial charge in [0.05, 0.1) is 10.9 Å². The molecule has 5 heteroatoms. The summed E-state index contributed by atoms with van der Waals surface area (Å²) in [7, 11) is 0. The highest BCUT2D eigenvalue weighted by atomic mass is 15.2. The molecular weight excluding hydrogens is 214 g/mol. The van der Waals surface area contributed by atoms with Gasteiger partial charge in [-0.25, -0.2) is 19.5 Å². The quantitative estimate of drug-likeness (QED) is 0.454. The van der Waals surface area contributed by atoms with Crippen molar-refractivity contribution in [3.05, 3.63) is 43.0 Å². The summed E-state index contributed by atoms with van der Waals surface area (Å²) in [6.07, 6.45) is 5.14. The molecule has 0 aliphatic rings. The first-order chi connectivity index (χ1) is 8.42. The Morgan fingerprint density at radius 1 is 1.12 bits per heavy atom. The van der Waals surface area contributed by atoms with Crippen molar-refractivity contribution in [2.24, 2.45) is 0 Å². The van der Waals surface area contributed by atoms with E-state index in [4.69, 9.17) is 0 Å². The number of nitrogens with zero attached hydrogens (tertiary/aromatic N) is 5. The molecule has 0 amide bonds. The van der Waals surface area contributed by atoms with Gasteiger partial charge in [0.1, 0.15) is 6.33 Å². The van der Waals surface area contributed by atoms with Gasteiger partial charge in [0.25, 0.3) is 0 Å². The van der Waals surface area contributed by atoms with Crippen LogP contribution in [0.5, 0.6) is 0 Å². The van der Waals surface area contributed by atoms with Crippen molar-refractivity contribution in [2.45, 2.75) is 0 Å². The summed E-state index contributed by atoms with van der Waals surface area (Å²) in [5, 5.41) is 6.38. The topological polar surface area (TPSA) is 56.0 Å². The Hall–Kier alpha value is -2.56. The number of aromatic nitrogens is 5. The zero-order valence-electron chi connectivity index (χ0n) is 8.78. The molecule has 5 nitrogen and oxygen atoms in total. The van der Waals surface area contributed by atoms with Crippen LogP contribution in [0.15, 0.2) is 43.0 Å². The van der Waals surface area contributed by atoms with Gasteiger partial charge >= 0.3 is 0 Å². The van der Waals surface area contributed by atoms with Gasteiger partial charge in [-0.1, -0.05) is 12.1 Å². The van der Waals surface area contributed by atoms with E-state index in [1.807, 2.05) is 30.5 Å². The molecule has 0 atom stereocenters. The monoisotopic (exact) mass is 221 g/mol. The molecule has 0 aliphatic carbocycles. The van der Waals surface area contributed by atoms with Gasteiger partial charge in [0, 0.05) is 17.8 Å². The van der Waals surface area contributed by atoms with E-state index in [0.29, 0.717) is 5.65 Å². The zero-order chi connectivity index (χ0) is 11.2. The second kappa shape index (κ2) is 2.98. The van der Waals surface area contributed by atoms with Crippen molar-refractivity contribution in [1.82, 2.24) is 24.6 Å². The van der Waals surface area contributed by atoms with E-state index in [1.54, 1.807) is 10.7 Å². The highest BCUT2D eigenvalue weighted by Gasteiger charge is 2.07. The molecule has 1 aromatic carbocycles. The molecule has 0 bridgehead atoms. The van der Waals surface area contributed by atoms with E-state index in [1.165, 1.54) is 6.33 Å². The lowest BCUT2D eigenvalue weighted by Gasteiger charge is -1.96. The van der Waals surface area contributed by atoms with E-state index in [-0.39, 0.29) is 0 Å². The maximum atomic E-state index is 4.52. The second-order valence-corrected chi connectivity index (χ2v) is 3.83. The van der Waals surface area contributed by atoms with Crippen molar-refractivity contribution in [1.29, 1.82) is 0 Å². The maximum absolute atomic E-state index is 4.52. The molecule has 4 aromatic rings. The molecule has 3 heterocycles. The molecule has 0 radical (unpaired) electrons. The molecule has 0 aliphatic heterocycles. The summed E-state index contributed by atoms with van der Waals surface area (Å²) in [5.74, 6) is 0. The average Bonchev–Trinajstić information content (AvgIpc) is 2.73. The number of fused-ring (bicyclic) bond motifs is 4. The van der Waals surface area contributed by atoms with Gasteiger partial charge in [0.2, 0.25) is 0 Å². The molecule has 80 valence electrons. The average molecular weight is 221 g/mol. The highest BCUT2D eigenvalue weighted by Crippen LogP contribution is 2.19. The lowest BCUT2D eigenvalue weighted by molar-refractivity contribution is 0.965. The van der Waals surface area contributed by atoms with Gasteiger partial charge in [-0.05, 0) is 12.1 Å². The van der Waals surface area contributed by atoms with E-state index < -0.39 is 0 Å². The van der Waals surface area contributed by atoms with Crippen LogP contribution in [0.3, 0.4) is 0 Å². The summed E-state index contributed by atoms with van der Waals surface area (Å²) in [6, 6.07) is 7.93. The molecular formula is C12H7N5. The van der Waals surface area contributed by atoms with Crippen molar-refractivity contribution in [3.63, 3.8) is 0 Å². The highest BCUT2D eigenvalue weighted by molar-refractivity contribution is 5.93. The van der Waals surface area contributed by atoms with Gasteiger partial charge in [-0.2, -0.15) is 5.10 Å². The first-order valence-electron chi connectivity index (χ1n) is 5.26. The Balaban J connectivity index is 2.28. The molecule has 0 spiro atoms. The number of hydrogen-bond donors (Lipinski definition) is 0. The molecule has 3 aromatic heterocycles. The Bertz CT molecular complexity index is 843. The summed E-state index contributed by atoms with van der Waals surface area (Å²) in [4.78, 5) is 12.7.